The summed E-state index contributed by atoms with van der Waals surface area (Å²) in [6, 6.07) is 0. The Labute approximate surface area is 98.0 Å². The topological polar surface area (TPSA) is 91.3 Å². The average Bonchev–Trinajstić information content (AvgIpc) is 2.56. The van der Waals surface area contributed by atoms with Crippen LogP contribution >= 0.6 is 12.0 Å². The molecule has 10 heteroatoms. The van der Waals surface area contributed by atoms with Crippen molar-refractivity contribution < 1.29 is 42.5 Å². The largest absolute Gasteiger partial charge is 0.463 e. The fraction of sp³-hybridized carbons (Fsp3) is 0.714. The summed E-state index contributed by atoms with van der Waals surface area (Å²) in [5.74, 6) is -2.90. The van der Waals surface area contributed by atoms with Gasteiger partial charge in [0.1, 0.15) is 12.0 Å². The van der Waals surface area contributed by atoms with Gasteiger partial charge in [0.2, 0.25) is 5.60 Å². The van der Waals surface area contributed by atoms with Gasteiger partial charge in [-0.3, -0.25) is 0 Å². The van der Waals surface area contributed by atoms with Gasteiger partial charge in [0.25, 0.3) is 0 Å². The number of hydrogen-bond acceptors (Lipinski definition) is 8. The molecule has 1 rings (SSSR count). The zero-order chi connectivity index (χ0) is 13.1. The van der Waals surface area contributed by atoms with Gasteiger partial charge >= 0.3 is 17.2 Å². The molecule has 1 atom stereocenters. The third-order valence-electron chi connectivity index (χ3n) is 1.97. The van der Waals surface area contributed by atoms with E-state index >= 15 is 0 Å². The second-order valence-corrected chi connectivity index (χ2v) is 4.06. The molecule has 1 fully saturated rings. The summed E-state index contributed by atoms with van der Waals surface area (Å²) in [6.07, 6.45) is -0.0182. The summed E-state index contributed by atoms with van der Waals surface area (Å²) in [5, 5.41) is 6.48. The first-order valence-corrected chi connectivity index (χ1v) is 5.00. The monoisotopic (exact) mass is 274 g/mol. The van der Waals surface area contributed by atoms with E-state index in [1.165, 1.54) is 0 Å². The summed E-state index contributed by atoms with van der Waals surface area (Å²) in [6.45, 7) is 1.14. The van der Waals surface area contributed by atoms with Crippen LogP contribution in [0.5, 0.6) is 0 Å². The fourth-order valence-corrected chi connectivity index (χ4v) is 1.27. The number of carbonyl (C=O) groups excluding carboxylic acids is 2. The highest BCUT2D eigenvalue weighted by molar-refractivity contribution is 7.96. The molecule has 1 saturated heterocycles. The normalized spacial score (nSPS) is 24.6. The zero-order valence-electron chi connectivity index (χ0n) is 8.48. The molecule has 0 spiro atoms. The van der Waals surface area contributed by atoms with Crippen LogP contribution in [-0.4, -0.2) is 34.7 Å². The molecule has 0 saturated carbocycles. The molecule has 0 aliphatic carbocycles. The van der Waals surface area contributed by atoms with Crippen molar-refractivity contribution in [2.45, 2.75) is 24.2 Å². The van der Waals surface area contributed by atoms with Crippen LogP contribution in [0.2, 0.25) is 0 Å². The molecule has 1 aliphatic heterocycles. The minimum Gasteiger partial charge on any atom is -0.463 e. The first-order chi connectivity index (χ1) is 7.82. The first-order valence-electron chi connectivity index (χ1n) is 4.26. The number of hydrogen-bond donors (Lipinski definition) is 1. The van der Waals surface area contributed by atoms with Crippen LogP contribution < -0.4 is 0 Å². The van der Waals surface area contributed by atoms with Gasteiger partial charge in [0.05, 0.1) is 6.61 Å². The lowest BCUT2D eigenvalue weighted by molar-refractivity contribution is -0.433. The van der Waals surface area contributed by atoms with E-state index in [4.69, 9.17) is 5.26 Å². The highest BCUT2D eigenvalue weighted by Crippen LogP contribution is 2.34. The van der Waals surface area contributed by atoms with Crippen molar-refractivity contribution in [3.63, 3.8) is 0 Å². The Kier molecular flexibility index (Phi) is 4.25. The molecule has 0 radical (unpaired) electrons. The lowest BCUT2D eigenvalue weighted by Gasteiger charge is -2.22. The number of carbonyl (C=O) groups is 2. The third-order valence-corrected chi connectivity index (χ3v) is 2.47. The van der Waals surface area contributed by atoms with E-state index in [0.29, 0.717) is 0 Å². The molecule has 1 unspecified atom stereocenters. The Hall–Kier alpha value is -0.970. The molecule has 17 heavy (non-hydrogen) atoms. The second-order valence-electron chi connectivity index (χ2n) is 3.25. The maximum Gasteiger partial charge on any atom is 0.415 e. The Balaban J connectivity index is 2.62. The van der Waals surface area contributed by atoms with E-state index in [0.717, 1.165) is 6.92 Å². The van der Waals surface area contributed by atoms with Crippen molar-refractivity contribution in [1.82, 2.24) is 0 Å². The van der Waals surface area contributed by atoms with Crippen LogP contribution in [0.15, 0.2) is 0 Å². The van der Waals surface area contributed by atoms with E-state index in [1.807, 2.05) is 0 Å². The van der Waals surface area contributed by atoms with E-state index in [2.05, 4.69) is 18.8 Å². The second kappa shape index (κ2) is 5.12. The van der Waals surface area contributed by atoms with Gasteiger partial charge in [-0.1, -0.05) is 5.04 Å². The van der Waals surface area contributed by atoms with E-state index in [1.54, 1.807) is 0 Å². The van der Waals surface area contributed by atoms with E-state index < -0.39 is 34.8 Å². The molecule has 1 aliphatic rings. The van der Waals surface area contributed by atoms with Gasteiger partial charge in [-0.15, -0.1) is 4.33 Å². The summed E-state index contributed by atoms with van der Waals surface area (Å²) in [7, 11) is 0. The summed E-state index contributed by atoms with van der Waals surface area (Å²) >= 11 is -0.762. The number of ether oxygens (including phenoxy) is 2. The van der Waals surface area contributed by atoms with Crippen LogP contribution in [0.3, 0.4) is 0 Å². The van der Waals surface area contributed by atoms with Gasteiger partial charge in [-0.05, 0) is 6.92 Å². The van der Waals surface area contributed by atoms with Crippen molar-refractivity contribution in [3.8, 4) is 0 Å². The van der Waals surface area contributed by atoms with Crippen molar-refractivity contribution in [2.24, 2.45) is 0 Å². The smallest absolute Gasteiger partial charge is 0.415 e. The van der Waals surface area contributed by atoms with Gasteiger partial charge in [0.15, 0.2) is 0 Å². The molecule has 0 aromatic rings. The lowest BCUT2D eigenvalue weighted by atomic mass is 10.1. The summed E-state index contributed by atoms with van der Waals surface area (Å²) in [4.78, 5) is 22.2. The lowest BCUT2D eigenvalue weighted by Crippen LogP contribution is -2.41. The SMILES string of the molecule is CC1(OC(=O)C(F)(F)SOOO)CCOC1=O. The summed E-state index contributed by atoms with van der Waals surface area (Å²) < 4.78 is 38.3. The maximum atomic E-state index is 13.0. The van der Waals surface area contributed by atoms with Crippen molar-refractivity contribution in [2.75, 3.05) is 6.61 Å². The van der Waals surface area contributed by atoms with Gasteiger partial charge in [-0.2, -0.15) is 8.78 Å². The quantitative estimate of drug-likeness (QED) is 0.342. The van der Waals surface area contributed by atoms with Crippen LogP contribution in [0.25, 0.3) is 0 Å². The van der Waals surface area contributed by atoms with Gasteiger partial charge < -0.3 is 9.47 Å². The molecule has 0 bridgehead atoms. The Morgan fingerprint density at radius 3 is 2.76 bits per heavy atom. The maximum absolute atomic E-state index is 13.0. The zero-order valence-corrected chi connectivity index (χ0v) is 9.29. The standard InChI is InChI=1S/C7H8F2O7S/c1-6(2-3-13-4(6)10)14-5(11)7(8,9)17-16-15-12/h12H,2-3H2,1H3. The minimum atomic E-state index is -4.13. The van der Waals surface area contributed by atoms with Crippen LogP contribution in [0.4, 0.5) is 8.78 Å². The highest BCUT2D eigenvalue weighted by Gasteiger charge is 2.51. The molecule has 1 heterocycles. The number of halogens is 2. The Morgan fingerprint density at radius 1 is 1.65 bits per heavy atom. The first kappa shape index (κ1) is 14.1. The van der Waals surface area contributed by atoms with Crippen molar-refractivity contribution in [3.05, 3.63) is 0 Å². The average molecular weight is 274 g/mol. The third kappa shape index (κ3) is 3.25. The molecule has 0 aromatic heterocycles. The highest BCUT2D eigenvalue weighted by atomic mass is 32.2. The van der Waals surface area contributed by atoms with E-state index in [9.17, 15) is 18.4 Å². The molecule has 0 aromatic carbocycles. The Bertz CT molecular complexity index is 323. The molecule has 0 amide bonds. The van der Waals surface area contributed by atoms with Crippen molar-refractivity contribution >= 4 is 24.0 Å². The number of cyclic esters (lactones) is 1. The number of rotatable bonds is 5. The number of alkyl halides is 2. The predicted octanol–water partition coefficient (Wildman–Crippen LogP) is 0.897. The van der Waals surface area contributed by atoms with Gasteiger partial charge in [0, 0.05) is 6.42 Å². The molecular weight excluding hydrogens is 266 g/mol. The van der Waals surface area contributed by atoms with Crippen LogP contribution in [-0.2, 0) is 28.4 Å². The van der Waals surface area contributed by atoms with E-state index in [-0.39, 0.29) is 13.0 Å². The molecule has 98 valence electrons. The molecule has 7 nitrogen and oxygen atoms in total. The summed E-state index contributed by atoms with van der Waals surface area (Å²) in [5.41, 5.74) is -1.73. The van der Waals surface area contributed by atoms with Crippen molar-refractivity contribution in [1.29, 1.82) is 0 Å². The molecule has 1 N–H and O–H groups in total. The van der Waals surface area contributed by atoms with Crippen LogP contribution in [0.1, 0.15) is 13.3 Å². The molecular formula is C7H8F2O7S. The fourth-order valence-electron chi connectivity index (χ4n) is 1.04. The van der Waals surface area contributed by atoms with Crippen LogP contribution in [0, 0.1) is 0 Å². The Morgan fingerprint density at radius 2 is 2.29 bits per heavy atom. The van der Waals surface area contributed by atoms with Gasteiger partial charge in [-0.25, -0.2) is 14.8 Å². The number of esters is 2. The minimum absolute atomic E-state index is 0.0163. The predicted molar refractivity (Wildman–Crippen MR) is 47.4 cm³/mol.